The van der Waals surface area contributed by atoms with Gasteiger partial charge in [-0.3, -0.25) is 0 Å². The smallest absolute Gasteiger partial charge is 0.0139 e. The maximum Gasteiger partial charge on any atom is 0.0139 e. The van der Waals surface area contributed by atoms with Crippen molar-refractivity contribution in [3.8, 4) is 0 Å². The molecule has 1 nitrogen and oxygen atoms in total. The normalized spacial score (nSPS) is 19.4. The molecule has 18 heavy (non-hydrogen) atoms. The molecule has 0 saturated carbocycles. The molecule has 2 unspecified atom stereocenters. The number of rotatable bonds is 7. The van der Waals surface area contributed by atoms with Gasteiger partial charge in [0, 0.05) is 12.0 Å². The molecule has 1 heteroatoms. The highest BCUT2D eigenvalue weighted by Gasteiger charge is 2.31. The molecule has 1 aliphatic carbocycles. The molecule has 0 amide bonds. The van der Waals surface area contributed by atoms with Gasteiger partial charge in [0.05, 0.1) is 0 Å². The van der Waals surface area contributed by atoms with Crippen molar-refractivity contribution in [2.24, 2.45) is 5.92 Å². The summed E-state index contributed by atoms with van der Waals surface area (Å²) in [5.41, 5.74) is 3.15. The summed E-state index contributed by atoms with van der Waals surface area (Å²) in [4.78, 5) is 0. The zero-order chi connectivity index (χ0) is 13.0. The molecule has 0 heterocycles. The van der Waals surface area contributed by atoms with E-state index in [0.717, 1.165) is 18.4 Å². The van der Waals surface area contributed by atoms with Gasteiger partial charge in [-0.2, -0.15) is 0 Å². The molecule has 2 atom stereocenters. The fraction of sp³-hybridized carbons (Fsp3) is 0.647. The Labute approximate surface area is 112 Å². The van der Waals surface area contributed by atoms with Crippen molar-refractivity contribution < 1.29 is 0 Å². The van der Waals surface area contributed by atoms with Crippen LogP contribution in [-0.2, 0) is 6.42 Å². The minimum Gasteiger partial charge on any atom is -0.314 e. The largest absolute Gasteiger partial charge is 0.314 e. The van der Waals surface area contributed by atoms with Gasteiger partial charge < -0.3 is 5.32 Å². The van der Waals surface area contributed by atoms with E-state index in [1.165, 1.54) is 25.7 Å². The molecule has 1 aromatic rings. The number of hydrogen-bond acceptors (Lipinski definition) is 1. The highest BCUT2D eigenvalue weighted by atomic mass is 14.9. The molecule has 0 fully saturated rings. The van der Waals surface area contributed by atoms with Crippen molar-refractivity contribution in [1.82, 2.24) is 5.32 Å². The summed E-state index contributed by atoms with van der Waals surface area (Å²) in [6, 6.07) is 9.63. The van der Waals surface area contributed by atoms with Crippen molar-refractivity contribution >= 4 is 0 Å². The molecular weight excluding hydrogens is 218 g/mol. The molecule has 0 saturated heterocycles. The molecule has 0 radical (unpaired) electrons. The molecule has 1 N–H and O–H groups in total. The predicted octanol–water partition coefficient (Wildman–Crippen LogP) is 4.13. The van der Waals surface area contributed by atoms with Gasteiger partial charge in [0.1, 0.15) is 0 Å². The van der Waals surface area contributed by atoms with E-state index in [1.807, 2.05) is 0 Å². The molecule has 2 rings (SSSR count). The first kappa shape index (κ1) is 13.6. The highest BCUT2D eigenvalue weighted by Crippen LogP contribution is 2.38. The van der Waals surface area contributed by atoms with Crippen LogP contribution < -0.4 is 5.32 Å². The zero-order valence-electron chi connectivity index (χ0n) is 12.1. The quantitative estimate of drug-likeness (QED) is 0.761. The second-order valence-corrected chi connectivity index (χ2v) is 6.00. The van der Waals surface area contributed by atoms with Gasteiger partial charge >= 0.3 is 0 Å². The average molecular weight is 245 g/mol. The van der Waals surface area contributed by atoms with E-state index in [4.69, 9.17) is 0 Å². The minimum atomic E-state index is 0.684. The van der Waals surface area contributed by atoms with Gasteiger partial charge in [0.2, 0.25) is 0 Å². The third-order valence-electron chi connectivity index (χ3n) is 4.14. The monoisotopic (exact) mass is 245 g/mol. The van der Waals surface area contributed by atoms with Crippen LogP contribution in [0, 0.1) is 5.92 Å². The zero-order valence-corrected chi connectivity index (χ0v) is 12.1. The van der Waals surface area contributed by atoms with E-state index in [-0.39, 0.29) is 0 Å². The molecule has 0 aromatic heterocycles. The van der Waals surface area contributed by atoms with Crippen LogP contribution in [0.4, 0.5) is 0 Å². The van der Waals surface area contributed by atoms with Crippen LogP contribution in [-0.4, -0.2) is 12.6 Å². The topological polar surface area (TPSA) is 12.0 Å². The summed E-state index contributed by atoms with van der Waals surface area (Å²) in [6.45, 7) is 7.95. The van der Waals surface area contributed by atoms with E-state index in [9.17, 15) is 0 Å². The Morgan fingerprint density at radius 3 is 2.67 bits per heavy atom. The first-order chi connectivity index (χ1) is 8.72. The Bertz CT molecular complexity index is 370. The van der Waals surface area contributed by atoms with E-state index in [2.05, 4.69) is 50.4 Å². The van der Waals surface area contributed by atoms with Crippen LogP contribution in [0.2, 0.25) is 0 Å². The van der Waals surface area contributed by atoms with Crippen LogP contribution in [0.1, 0.15) is 57.1 Å². The third-order valence-corrected chi connectivity index (χ3v) is 4.14. The second kappa shape index (κ2) is 6.38. The summed E-state index contributed by atoms with van der Waals surface area (Å²) in [5, 5.41) is 3.70. The molecule has 0 bridgehead atoms. The number of hydrogen-bond donors (Lipinski definition) is 1. The van der Waals surface area contributed by atoms with E-state index < -0.39 is 0 Å². The summed E-state index contributed by atoms with van der Waals surface area (Å²) in [5.74, 6) is 1.59. The Hall–Kier alpha value is -0.820. The maximum atomic E-state index is 3.70. The van der Waals surface area contributed by atoms with Gasteiger partial charge in [-0.05, 0) is 36.4 Å². The Kier molecular flexibility index (Phi) is 4.82. The predicted molar refractivity (Wildman–Crippen MR) is 79.0 cm³/mol. The van der Waals surface area contributed by atoms with Crippen LogP contribution in [0.5, 0.6) is 0 Å². The van der Waals surface area contributed by atoms with Crippen molar-refractivity contribution in [2.75, 3.05) is 6.54 Å². The van der Waals surface area contributed by atoms with Crippen LogP contribution >= 0.6 is 0 Å². The lowest BCUT2D eigenvalue weighted by Crippen LogP contribution is -2.40. The van der Waals surface area contributed by atoms with Crippen LogP contribution in [0.15, 0.2) is 24.3 Å². The fourth-order valence-electron chi connectivity index (χ4n) is 3.11. The fourth-order valence-corrected chi connectivity index (χ4v) is 3.11. The summed E-state index contributed by atoms with van der Waals surface area (Å²) >= 11 is 0. The summed E-state index contributed by atoms with van der Waals surface area (Å²) in [7, 11) is 0. The van der Waals surface area contributed by atoms with Crippen molar-refractivity contribution in [3.05, 3.63) is 35.4 Å². The molecule has 1 aliphatic rings. The van der Waals surface area contributed by atoms with Gasteiger partial charge in [-0.1, -0.05) is 57.9 Å². The molecule has 1 aromatic carbocycles. The van der Waals surface area contributed by atoms with Gasteiger partial charge in [0.25, 0.3) is 0 Å². The lowest BCUT2D eigenvalue weighted by Gasteiger charge is -2.37. The van der Waals surface area contributed by atoms with Crippen molar-refractivity contribution in [3.63, 3.8) is 0 Å². The number of fused-ring (bicyclic) bond motifs is 1. The number of nitrogens with one attached hydrogen (secondary N) is 1. The molecule has 0 aliphatic heterocycles. The summed E-state index contributed by atoms with van der Waals surface area (Å²) < 4.78 is 0. The molecule has 100 valence electrons. The van der Waals surface area contributed by atoms with Gasteiger partial charge in [-0.25, -0.2) is 0 Å². The number of benzene rings is 1. The maximum absolute atomic E-state index is 3.70. The van der Waals surface area contributed by atoms with E-state index in [1.54, 1.807) is 11.1 Å². The Morgan fingerprint density at radius 1 is 1.22 bits per heavy atom. The van der Waals surface area contributed by atoms with Gasteiger partial charge in [-0.15, -0.1) is 0 Å². The Balaban J connectivity index is 1.91. The Morgan fingerprint density at radius 2 is 2.00 bits per heavy atom. The van der Waals surface area contributed by atoms with Crippen molar-refractivity contribution in [2.45, 2.75) is 58.4 Å². The standard InChI is InChI=1S/C17H27N/c1-4-18-17(11-7-8-13(2)3)16-12-14-9-5-6-10-15(14)16/h5-6,9-10,13,16-18H,4,7-8,11-12H2,1-3H3. The lowest BCUT2D eigenvalue weighted by molar-refractivity contribution is 0.365. The third kappa shape index (κ3) is 3.14. The average Bonchev–Trinajstić information content (AvgIpc) is 2.30. The SMILES string of the molecule is CCNC(CCCC(C)C)C1Cc2ccccc21. The highest BCUT2D eigenvalue weighted by molar-refractivity contribution is 5.41. The van der Waals surface area contributed by atoms with Crippen LogP contribution in [0.25, 0.3) is 0 Å². The second-order valence-electron chi connectivity index (χ2n) is 6.00. The molecule has 0 spiro atoms. The first-order valence-corrected chi connectivity index (χ1v) is 7.53. The van der Waals surface area contributed by atoms with E-state index >= 15 is 0 Å². The summed E-state index contributed by atoms with van der Waals surface area (Å²) in [6.07, 6.45) is 5.31. The lowest BCUT2D eigenvalue weighted by atomic mass is 9.72. The molecular formula is C17H27N. The first-order valence-electron chi connectivity index (χ1n) is 7.53. The number of likely N-dealkylation sites (N-methyl/N-ethyl adjacent to an activating group) is 1. The van der Waals surface area contributed by atoms with Gasteiger partial charge in [0.15, 0.2) is 0 Å². The van der Waals surface area contributed by atoms with Crippen LogP contribution in [0.3, 0.4) is 0 Å². The van der Waals surface area contributed by atoms with Crippen molar-refractivity contribution in [1.29, 1.82) is 0 Å². The van der Waals surface area contributed by atoms with E-state index in [0.29, 0.717) is 6.04 Å². The minimum absolute atomic E-state index is 0.684.